The Kier molecular flexibility index (Phi) is 4.71. The van der Waals surface area contributed by atoms with Crippen LogP contribution in [0.4, 0.5) is 24.8 Å². The number of primary amides is 1. The average Bonchev–Trinajstić information content (AvgIpc) is 2.33. The molecule has 0 aromatic carbocycles. The number of hydrazine groups is 1. The molecule has 0 radical (unpaired) electrons. The van der Waals surface area contributed by atoms with Crippen LogP contribution in [0.1, 0.15) is 19.7 Å². The second-order valence-electron chi connectivity index (χ2n) is 4.27. The molecule has 0 fully saturated rings. The van der Waals surface area contributed by atoms with Crippen LogP contribution in [0.5, 0.6) is 0 Å². The monoisotopic (exact) mass is 292 g/mol. The molecular weight excluding hydrogens is 277 g/mol. The zero-order chi connectivity index (χ0) is 15.5. The molecule has 0 saturated heterocycles. The lowest BCUT2D eigenvalue weighted by Crippen LogP contribution is -2.39. The van der Waals surface area contributed by atoms with Crippen molar-refractivity contribution in [1.82, 2.24) is 9.97 Å². The van der Waals surface area contributed by atoms with E-state index in [1.807, 2.05) is 5.43 Å². The number of carbonyl (C=O) groups is 1. The Labute approximate surface area is 113 Å². The SMILES string of the molecule is CC(C)N(CC(N)=O)c1cc(NN)nc(C(F)(F)F)n1. The summed E-state index contributed by atoms with van der Waals surface area (Å²) >= 11 is 0. The highest BCUT2D eigenvalue weighted by Crippen LogP contribution is 2.29. The fourth-order valence-electron chi connectivity index (χ4n) is 1.48. The molecule has 1 rings (SSSR count). The molecule has 1 aromatic rings. The van der Waals surface area contributed by atoms with E-state index >= 15 is 0 Å². The lowest BCUT2D eigenvalue weighted by molar-refractivity contribution is -0.144. The summed E-state index contributed by atoms with van der Waals surface area (Å²) in [6, 6.07) is 0.919. The molecule has 112 valence electrons. The van der Waals surface area contributed by atoms with Crippen molar-refractivity contribution in [3.63, 3.8) is 0 Å². The Hall–Kier alpha value is -2.10. The molecule has 0 spiro atoms. The maximum Gasteiger partial charge on any atom is 0.451 e. The van der Waals surface area contributed by atoms with Crippen LogP contribution in [-0.4, -0.2) is 28.5 Å². The molecule has 0 saturated carbocycles. The number of halogens is 3. The van der Waals surface area contributed by atoms with E-state index < -0.39 is 17.9 Å². The highest BCUT2D eigenvalue weighted by molar-refractivity contribution is 5.79. The van der Waals surface area contributed by atoms with Gasteiger partial charge in [0.05, 0.1) is 6.54 Å². The number of carbonyl (C=O) groups excluding carboxylic acids is 1. The number of aromatic nitrogens is 2. The van der Waals surface area contributed by atoms with Gasteiger partial charge in [0, 0.05) is 12.1 Å². The van der Waals surface area contributed by atoms with Gasteiger partial charge in [-0.05, 0) is 13.8 Å². The summed E-state index contributed by atoms with van der Waals surface area (Å²) in [5.41, 5.74) is 7.11. The molecule has 1 amide bonds. The molecule has 0 aliphatic carbocycles. The van der Waals surface area contributed by atoms with E-state index in [2.05, 4.69) is 9.97 Å². The molecule has 10 heteroatoms. The summed E-state index contributed by atoms with van der Waals surface area (Å²) in [7, 11) is 0. The van der Waals surface area contributed by atoms with Gasteiger partial charge in [-0.15, -0.1) is 0 Å². The number of hydrogen-bond acceptors (Lipinski definition) is 6. The number of nitrogens with two attached hydrogens (primary N) is 2. The number of alkyl halides is 3. The molecular formula is C10H15F3N6O. The smallest absolute Gasteiger partial charge is 0.368 e. The Balaban J connectivity index is 3.30. The van der Waals surface area contributed by atoms with Crippen LogP contribution in [0.3, 0.4) is 0 Å². The largest absolute Gasteiger partial charge is 0.451 e. The number of hydrogen-bond donors (Lipinski definition) is 3. The van der Waals surface area contributed by atoms with E-state index in [0.717, 1.165) is 0 Å². The molecule has 1 heterocycles. The minimum absolute atomic E-state index is 0.0888. The van der Waals surface area contributed by atoms with Gasteiger partial charge in [0.1, 0.15) is 11.6 Å². The highest BCUT2D eigenvalue weighted by atomic mass is 19.4. The summed E-state index contributed by atoms with van der Waals surface area (Å²) in [4.78, 5) is 19.0. The number of rotatable bonds is 5. The molecule has 0 aliphatic rings. The first-order valence-corrected chi connectivity index (χ1v) is 5.63. The van der Waals surface area contributed by atoms with Gasteiger partial charge in [-0.3, -0.25) is 4.79 Å². The third-order valence-corrected chi connectivity index (χ3v) is 2.36. The van der Waals surface area contributed by atoms with Gasteiger partial charge in [-0.1, -0.05) is 0 Å². The van der Waals surface area contributed by atoms with Crippen LogP contribution in [0.25, 0.3) is 0 Å². The van der Waals surface area contributed by atoms with Crippen molar-refractivity contribution in [2.24, 2.45) is 11.6 Å². The normalized spacial score (nSPS) is 11.6. The topological polar surface area (TPSA) is 110 Å². The van der Waals surface area contributed by atoms with E-state index in [1.165, 1.54) is 11.0 Å². The Bertz CT molecular complexity index is 490. The van der Waals surface area contributed by atoms with E-state index in [0.29, 0.717) is 0 Å². The van der Waals surface area contributed by atoms with E-state index in [1.54, 1.807) is 13.8 Å². The summed E-state index contributed by atoms with van der Waals surface area (Å²) in [5.74, 6) is 2.76. The zero-order valence-corrected chi connectivity index (χ0v) is 10.9. The number of anilines is 2. The van der Waals surface area contributed by atoms with Crippen LogP contribution in [0, 0.1) is 0 Å². The van der Waals surface area contributed by atoms with Crippen molar-refractivity contribution in [2.45, 2.75) is 26.1 Å². The first-order chi connectivity index (χ1) is 9.15. The summed E-state index contributed by atoms with van der Waals surface area (Å²) < 4.78 is 38.1. The molecule has 0 unspecified atom stereocenters. The standard InChI is InChI=1S/C10H15F3N6O/c1-5(2)19(4-6(14)20)8-3-7(18-15)16-9(17-8)10(11,12)13/h3,5H,4,15H2,1-2H3,(H2,14,20)(H,16,17,18). The first-order valence-electron chi connectivity index (χ1n) is 5.63. The van der Waals surface area contributed by atoms with Crippen molar-refractivity contribution in [2.75, 3.05) is 16.9 Å². The maximum absolute atomic E-state index is 12.7. The summed E-state index contributed by atoms with van der Waals surface area (Å²) in [5, 5.41) is 0. The van der Waals surface area contributed by atoms with Gasteiger partial charge in [-0.2, -0.15) is 13.2 Å². The predicted octanol–water partition coefficient (Wildman–Crippen LogP) is 0.481. The number of nitrogens with zero attached hydrogens (tertiary/aromatic N) is 3. The molecule has 0 atom stereocenters. The van der Waals surface area contributed by atoms with Crippen molar-refractivity contribution in [3.05, 3.63) is 11.9 Å². The van der Waals surface area contributed by atoms with Crippen molar-refractivity contribution in [3.8, 4) is 0 Å². The fraction of sp³-hybridized carbons (Fsp3) is 0.500. The fourth-order valence-corrected chi connectivity index (χ4v) is 1.48. The van der Waals surface area contributed by atoms with E-state index in [9.17, 15) is 18.0 Å². The van der Waals surface area contributed by atoms with Crippen LogP contribution in [-0.2, 0) is 11.0 Å². The van der Waals surface area contributed by atoms with Gasteiger partial charge < -0.3 is 16.1 Å². The quantitative estimate of drug-likeness (QED) is 0.538. The predicted molar refractivity (Wildman–Crippen MR) is 66.5 cm³/mol. The Morgan fingerprint density at radius 3 is 2.45 bits per heavy atom. The number of amides is 1. The maximum atomic E-state index is 12.7. The molecule has 0 aliphatic heterocycles. The van der Waals surface area contributed by atoms with Crippen LogP contribution < -0.4 is 21.9 Å². The van der Waals surface area contributed by atoms with E-state index in [4.69, 9.17) is 11.6 Å². The minimum Gasteiger partial charge on any atom is -0.368 e. The lowest BCUT2D eigenvalue weighted by atomic mass is 10.3. The lowest BCUT2D eigenvalue weighted by Gasteiger charge is -2.27. The Morgan fingerprint density at radius 2 is 2.05 bits per heavy atom. The van der Waals surface area contributed by atoms with Crippen LogP contribution in [0.15, 0.2) is 6.07 Å². The molecule has 5 N–H and O–H groups in total. The van der Waals surface area contributed by atoms with Crippen LogP contribution in [0.2, 0.25) is 0 Å². The van der Waals surface area contributed by atoms with Crippen molar-refractivity contribution >= 4 is 17.5 Å². The van der Waals surface area contributed by atoms with Gasteiger partial charge >= 0.3 is 6.18 Å². The molecule has 1 aromatic heterocycles. The average molecular weight is 292 g/mol. The second-order valence-corrected chi connectivity index (χ2v) is 4.27. The van der Waals surface area contributed by atoms with Gasteiger partial charge in [-0.25, -0.2) is 15.8 Å². The third-order valence-electron chi connectivity index (χ3n) is 2.36. The van der Waals surface area contributed by atoms with Gasteiger partial charge in [0.2, 0.25) is 11.7 Å². The van der Waals surface area contributed by atoms with E-state index in [-0.39, 0.29) is 24.2 Å². The van der Waals surface area contributed by atoms with Gasteiger partial charge in [0.15, 0.2) is 0 Å². The summed E-state index contributed by atoms with van der Waals surface area (Å²) in [6.07, 6.45) is -4.73. The molecule has 7 nitrogen and oxygen atoms in total. The highest BCUT2D eigenvalue weighted by Gasteiger charge is 2.36. The molecule has 0 bridgehead atoms. The second kappa shape index (κ2) is 5.90. The number of nitrogens with one attached hydrogen (secondary N) is 1. The zero-order valence-electron chi connectivity index (χ0n) is 10.9. The van der Waals surface area contributed by atoms with Crippen molar-refractivity contribution < 1.29 is 18.0 Å². The number of nitrogen functional groups attached to an aromatic ring is 1. The Morgan fingerprint density at radius 1 is 1.45 bits per heavy atom. The third kappa shape index (κ3) is 3.95. The first kappa shape index (κ1) is 16.0. The molecule has 20 heavy (non-hydrogen) atoms. The van der Waals surface area contributed by atoms with Gasteiger partial charge in [0.25, 0.3) is 0 Å². The minimum atomic E-state index is -4.73. The van der Waals surface area contributed by atoms with Crippen LogP contribution >= 0.6 is 0 Å². The van der Waals surface area contributed by atoms with Crippen molar-refractivity contribution in [1.29, 1.82) is 0 Å². The summed E-state index contributed by atoms with van der Waals surface area (Å²) in [6.45, 7) is 3.11.